The predicted octanol–water partition coefficient (Wildman–Crippen LogP) is 22.1. The molecule has 13 rings (SSSR count). The van der Waals surface area contributed by atoms with Crippen LogP contribution in [-0.2, 0) is 0 Å². The van der Waals surface area contributed by atoms with Gasteiger partial charge >= 0.3 is 0 Å². The first-order chi connectivity index (χ1) is 37.2. The summed E-state index contributed by atoms with van der Waals surface area (Å²) in [5.41, 5.74) is 14.7. The zero-order chi connectivity index (χ0) is 54.7. The third-order valence-corrected chi connectivity index (χ3v) is 13.6. The van der Waals surface area contributed by atoms with Crippen molar-refractivity contribution in [2.75, 3.05) is 0 Å². The van der Waals surface area contributed by atoms with E-state index in [1.165, 1.54) is 126 Å². The topological polar surface area (TPSA) is 0 Å². The number of hydrogen-bond donors (Lipinski definition) is 0. The summed E-state index contributed by atoms with van der Waals surface area (Å²) in [5, 5.41) is 16.1. The fourth-order valence-corrected chi connectivity index (χ4v) is 9.38. The average molecular weight is 1000 g/mol. The maximum atomic E-state index is 2.26. The van der Waals surface area contributed by atoms with E-state index in [1.807, 2.05) is 0 Å². The lowest BCUT2D eigenvalue weighted by atomic mass is 9.98. The van der Waals surface area contributed by atoms with Crippen LogP contribution in [0.5, 0.6) is 0 Å². The highest BCUT2D eigenvalue weighted by atomic mass is 14.1. The predicted molar refractivity (Wildman–Crippen MR) is 342 cm³/mol. The van der Waals surface area contributed by atoms with Gasteiger partial charge in [0.2, 0.25) is 0 Å². The SMILES string of the molecule is Cc1cc2ccccc2c2ccccc12.Cc1ccc(C)cc1.Cc1ccc(C)cc1.Cc1ccc2c(ccc3ccccc32)c1.Cc1ccc2ccc3ccccc3c2c1.Cc1cccc(C)c1.Cc1cccc(C)c1. The average Bonchev–Trinajstić information content (AvgIpc) is 3.44. The van der Waals surface area contributed by atoms with Gasteiger partial charge in [-0.3, -0.25) is 0 Å². The van der Waals surface area contributed by atoms with E-state index >= 15 is 0 Å². The molecule has 0 unspecified atom stereocenters. The van der Waals surface area contributed by atoms with E-state index in [2.05, 4.69) is 337 Å². The summed E-state index contributed by atoms with van der Waals surface area (Å²) in [6.45, 7) is 23.3. The summed E-state index contributed by atoms with van der Waals surface area (Å²) in [7, 11) is 0. The Morgan fingerprint density at radius 2 is 0.416 bits per heavy atom. The van der Waals surface area contributed by atoms with E-state index in [0.29, 0.717) is 0 Å². The van der Waals surface area contributed by atoms with Gasteiger partial charge in [-0.1, -0.05) is 316 Å². The van der Waals surface area contributed by atoms with Crippen LogP contribution in [0.3, 0.4) is 0 Å². The Balaban J connectivity index is 0.000000133. The highest BCUT2D eigenvalue weighted by Crippen LogP contribution is 2.29. The lowest BCUT2D eigenvalue weighted by molar-refractivity contribution is 1.39. The zero-order valence-corrected chi connectivity index (χ0v) is 47.3. The normalized spacial score (nSPS) is 10.3. The van der Waals surface area contributed by atoms with Crippen LogP contribution >= 0.6 is 0 Å². The van der Waals surface area contributed by atoms with Crippen molar-refractivity contribution in [1.29, 1.82) is 0 Å². The lowest BCUT2D eigenvalue weighted by Crippen LogP contribution is -1.81. The molecule has 0 aliphatic carbocycles. The Bertz CT molecular complexity index is 3790. The van der Waals surface area contributed by atoms with Gasteiger partial charge in [0.25, 0.3) is 0 Å². The maximum absolute atomic E-state index is 2.26. The molecule has 0 amide bonds. The summed E-state index contributed by atoms with van der Waals surface area (Å²) >= 11 is 0. The minimum Gasteiger partial charge on any atom is -0.0617 e. The van der Waals surface area contributed by atoms with Crippen LogP contribution in [0.2, 0.25) is 0 Å². The molecule has 77 heavy (non-hydrogen) atoms. The molecule has 0 bridgehead atoms. The highest BCUT2D eigenvalue weighted by molar-refractivity contribution is 6.10. The number of fused-ring (bicyclic) bond motifs is 9. The van der Waals surface area contributed by atoms with Gasteiger partial charge in [-0.2, -0.15) is 0 Å². The van der Waals surface area contributed by atoms with Gasteiger partial charge in [0.1, 0.15) is 0 Å². The van der Waals surface area contributed by atoms with Gasteiger partial charge in [0.15, 0.2) is 0 Å². The van der Waals surface area contributed by atoms with E-state index in [9.17, 15) is 0 Å². The smallest absolute Gasteiger partial charge is 0.0103 e. The molecule has 0 heteroatoms. The van der Waals surface area contributed by atoms with Crippen molar-refractivity contribution >= 4 is 64.6 Å². The fraction of sp³-hybridized carbons (Fsp3) is 0.143. The molecule has 13 aromatic carbocycles. The number of hydrogen-bond acceptors (Lipinski definition) is 0. The minimum atomic E-state index is 1.31. The van der Waals surface area contributed by atoms with Gasteiger partial charge in [0, 0.05) is 0 Å². The van der Waals surface area contributed by atoms with Crippen molar-refractivity contribution in [3.8, 4) is 0 Å². The summed E-state index contributed by atoms with van der Waals surface area (Å²) < 4.78 is 0. The van der Waals surface area contributed by atoms with Gasteiger partial charge < -0.3 is 0 Å². The molecule has 0 nitrogen and oxygen atoms in total. The molecule has 0 fully saturated rings. The van der Waals surface area contributed by atoms with Crippen molar-refractivity contribution < 1.29 is 0 Å². The van der Waals surface area contributed by atoms with E-state index in [-0.39, 0.29) is 0 Å². The van der Waals surface area contributed by atoms with Gasteiger partial charge in [-0.15, -0.1) is 0 Å². The van der Waals surface area contributed by atoms with Gasteiger partial charge in [0.05, 0.1) is 0 Å². The second-order valence-electron chi connectivity index (χ2n) is 20.6. The molecular formula is C77H76. The molecule has 384 valence electrons. The molecule has 0 heterocycles. The first-order valence-electron chi connectivity index (χ1n) is 27.0. The van der Waals surface area contributed by atoms with Crippen LogP contribution in [0.25, 0.3) is 64.6 Å². The standard InChI is InChI=1S/3C15H12.4C8H10/c1-11-10-12-6-2-3-8-14(12)15-9-5-4-7-13(11)15;1-11-6-9-15-13(10-11)8-7-12-4-2-3-5-14(12)15;1-11-6-7-13-9-8-12-4-2-3-5-14(12)15(13)10-11;2*1-7-3-5-8(2)6-4-7;2*1-7-4-3-5-8(2)6-7/h3*2-10H,1H3;4*3-6H,1-2H3. The molecule has 0 atom stereocenters. The second kappa shape index (κ2) is 27.8. The van der Waals surface area contributed by atoms with E-state index in [0.717, 1.165) is 0 Å². The third kappa shape index (κ3) is 16.7. The maximum Gasteiger partial charge on any atom is -0.0103 e. The third-order valence-electron chi connectivity index (χ3n) is 13.6. The molecule has 0 saturated heterocycles. The molecule has 0 saturated carbocycles. The first kappa shape index (κ1) is 56.2. The van der Waals surface area contributed by atoms with Crippen LogP contribution in [0, 0.1) is 76.2 Å². The van der Waals surface area contributed by atoms with Crippen LogP contribution in [-0.4, -0.2) is 0 Å². The monoisotopic (exact) mass is 1000 g/mol. The number of benzene rings is 13. The summed E-state index contributed by atoms with van der Waals surface area (Å²) in [6, 6.07) is 92.4. The molecule has 13 aromatic rings. The molecule has 0 aromatic heterocycles. The van der Waals surface area contributed by atoms with Crippen LogP contribution < -0.4 is 0 Å². The Labute approximate surface area is 460 Å². The quantitative estimate of drug-likeness (QED) is 0.133. The van der Waals surface area contributed by atoms with Crippen molar-refractivity contribution in [3.63, 3.8) is 0 Å². The zero-order valence-electron chi connectivity index (χ0n) is 47.3. The van der Waals surface area contributed by atoms with Gasteiger partial charge in [-0.05, 0) is 146 Å². The Hall–Kier alpha value is -8.58. The van der Waals surface area contributed by atoms with Crippen LogP contribution in [0.4, 0.5) is 0 Å². The fourth-order valence-electron chi connectivity index (χ4n) is 9.38. The molecule has 0 spiro atoms. The number of rotatable bonds is 0. The minimum absolute atomic E-state index is 1.31. The first-order valence-corrected chi connectivity index (χ1v) is 27.0. The second-order valence-corrected chi connectivity index (χ2v) is 20.6. The Kier molecular flexibility index (Phi) is 20.3. The molecular weight excluding hydrogens is 925 g/mol. The van der Waals surface area contributed by atoms with Crippen molar-refractivity contribution in [2.24, 2.45) is 0 Å². The molecule has 0 aliphatic rings. The van der Waals surface area contributed by atoms with Crippen molar-refractivity contribution in [1.82, 2.24) is 0 Å². The van der Waals surface area contributed by atoms with Crippen LogP contribution in [0.1, 0.15) is 61.2 Å². The van der Waals surface area contributed by atoms with Crippen molar-refractivity contribution in [2.45, 2.75) is 76.2 Å². The van der Waals surface area contributed by atoms with Crippen LogP contribution in [0.15, 0.2) is 261 Å². The molecule has 0 aliphatic heterocycles. The highest BCUT2D eigenvalue weighted by Gasteiger charge is 2.03. The Morgan fingerprint density at radius 1 is 0.143 bits per heavy atom. The number of aryl methyl sites for hydroxylation is 11. The Morgan fingerprint density at radius 3 is 0.857 bits per heavy atom. The molecule has 0 N–H and O–H groups in total. The van der Waals surface area contributed by atoms with E-state index < -0.39 is 0 Å². The lowest BCUT2D eigenvalue weighted by Gasteiger charge is -2.06. The summed E-state index contributed by atoms with van der Waals surface area (Å²) in [5.74, 6) is 0. The van der Waals surface area contributed by atoms with E-state index in [1.54, 1.807) is 0 Å². The largest absolute Gasteiger partial charge is 0.0617 e. The molecule has 0 radical (unpaired) electrons. The van der Waals surface area contributed by atoms with Crippen molar-refractivity contribution in [3.05, 3.63) is 322 Å². The summed E-state index contributed by atoms with van der Waals surface area (Å²) in [6.07, 6.45) is 0. The van der Waals surface area contributed by atoms with Gasteiger partial charge in [-0.25, -0.2) is 0 Å². The van der Waals surface area contributed by atoms with E-state index in [4.69, 9.17) is 0 Å². The summed E-state index contributed by atoms with van der Waals surface area (Å²) in [4.78, 5) is 0.